The Bertz CT molecular complexity index is 377. The van der Waals surface area contributed by atoms with Gasteiger partial charge in [-0.05, 0) is 20.4 Å². The van der Waals surface area contributed by atoms with Crippen LogP contribution in [0.25, 0.3) is 0 Å². The van der Waals surface area contributed by atoms with Gasteiger partial charge in [-0.1, -0.05) is 37.3 Å². The highest BCUT2D eigenvalue weighted by Crippen LogP contribution is 2.40. The number of morpholine rings is 1. The average Bonchev–Trinajstić information content (AvgIpc) is 2.34. The Morgan fingerprint density at radius 2 is 1.94 bits per heavy atom. The highest BCUT2D eigenvalue weighted by atomic mass is 16.6. The third-order valence-electron chi connectivity index (χ3n) is 3.84. The molecule has 0 unspecified atom stereocenters. The fourth-order valence-corrected chi connectivity index (χ4v) is 2.63. The van der Waals surface area contributed by atoms with Crippen molar-refractivity contribution < 1.29 is 9.84 Å². The van der Waals surface area contributed by atoms with E-state index in [1.807, 2.05) is 44.2 Å². The third-order valence-corrected chi connectivity index (χ3v) is 3.84. The van der Waals surface area contributed by atoms with Gasteiger partial charge in [-0.15, -0.1) is 0 Å². The van der Waals surface area contributed by atoms with Gasteiger partial charge in [-0.25, -0.2) is 0 Å². The second kappa shape index (κ2) is 4.41. The van der Waals surface area contributed by atoms with Crippen LogP contribution in [0, 0.1) is 0 Å². The highest BCUT2D eigenvalue weighted by Gasteiger charge is 2.51. The van der Waals surface area contributed by atoms with Crippen molar-refractivity contribution in [3.05, 3.63) is 35.9 Å². The minimum atomic E-state index is -1.23. The van der Waals surface area contributed by atoms with Gasteiger partial charge in [0.1, 0.15) is 0 Å². The monoisotopic (exact) mass is 235 g/mol. The van der Waals surface area contributed by atoms with Gasteiger partial charge < -0.3 is 9.84 Å². The molecule has 1 heterocycles. The number of aliphatic hydroxyl groups is 1. The molecule has 1 saturated heterocycles. The molecule has 1 aliphatic rings. The first kappa shape index (κ1) is 12.6. The topological polar surface area (TPSA) is 32.7 Å². The SMILES string of the molecule is CCN1CCO[C@](O)(c2ccccc2)C1(C)C. The van der Waals surface area contributed by atoms with Crippen LogP contribution in [0.2, 0.25) is 0 Å². The van der Waals surface area contributed by atoms with E-state index >= 15 is 0 Å². The second-order valence-electron chi connectivity index (χ2n) is 5.00. The summed E-state index contributed by atoms with van der Waals surface area (Å²) in [5, 5.41) is 10.9. The van der Waals surface area contributed by atoms with Gasteiger partial charge in [0.25, 0.3) is 0 Å². The van der Waals surface area contributed by atoms with Crippen LogP contribution in [0.3, 0.4) is 0 Å². The molecular formula is C14H21NO2. The fraction of sp³-hybridized carbons (Fsp3) is 0.571. The van der Waals surface area contributed by atoms with E-state index in [-0.39, 0.29) is 0 Å². The number of likely N-dealkylation sites (N-methyl/N-ethyl adjacent to an activating group) is 1. The Labute approximate surface area is 103 Å². The van der Waals surface area contributed by atoms with Crippen molar-refractivity contribution in [2.75, 3.05) is 19.7 Å². The van der Waals surface area contributed by atoms with Gasteiger partial charge in [0.2, 0.25) is 5.79 Å². The molecule has 0 spiro atoms. The molecule has 94 valence electrons. The van der Waals surface area contributed by atoms with E-state index in [9.17, 15) is 5.11 Å². The lowest BCUT2D eigenvalue weighted by atomic mass is 9.84. The molecule has 3 nitrogen and oxygen atoms in total. The number of ether oxygens (including phenoxy) is 1. The van der Waals surface area contributed by atoms with E-state index in [0.717, 1.165) is 18.7 Å². The summed E-state index contributed by atoms with van der Waals surface area (Å²) < 4.78 is 5.71. The molecule has 1 aromatic carbocycles. The Morgan fingerprint density at radius 3 is 2.53 bits per heavy atom. The molecule has 0 radical (unpaired) electrons. The van der Waals surface area contributed by atoms with Crippen molar-refractivity contribution >= 4 is 0 Å². The summed E-state index contributed by atoms with van der Waals surface area (Å²) in [4.78, 5) is 2.25. The zero-order chi connectivity index (χ0) is 12.5. The Morgan fingerprint density at radius 1 is 1.29 bits per heavy atom. The molecule has 1 N–H and O–H groups in total. The zero-order valence-electron chi connectivity index (χ0n) is 10.8. The van der Waals surface area contributed by atoms with E-state index < -0.39 is 11.3 Å². The molecule has 0 aromatic heterocycles. The van der Waals surface area contributed by atoms with Crippen molar-refractivity contribution in [3.63, 3.8) is 0 Å². The maximum atomic E-state index is 10.9. The summed E-state index contributed by atoms with van der Waals surface area (Å²) in [6, 6.07) is 9.64. The van der Waals surface area contributed by atoms with Crippen LogP contribution < -0.4 is 0 Å². The first-order valence-corrected chi connectivity index (χ1v) is 6.19. The van der Waals surface area contributed by atoms with Crippen LogP contribution in [0.15, 0.2) is 30.3 Å². The molecule has 0 saturated carbocycles. The molecule has 3 heteroatoms. The normalized spacial score (nSPS) is 29.2. The number of hydrogen-bond acceptors (Lipinski definition) is 3. The first-order valence-electron chi connectivity index (χ1n) is 6.19. The van der Waals surface area contributed by atoms with E-state index in [4.69, 9.17) is 4.74 Å². The summed E-state index contributed by atoms with van der Waals surface area (Å²) >= 11 is 0. The van der Waals surface area contributed by atoms with Crippen LogP contribution in [0.1, 0.15) is 26.3 Å². The maximum Gasteiger partial charge on any atom is 0.210 e. The summed E-state index contributed by atoms with van der Waals surface area (Å²) in [6.07, 6.45) is 0. The molecule has 17 heavy (non-hydrogen) atoms. The number of hydrogen-bond donors (Lipinski definition) is 1. The van der Waals surface area contributed by atoms with Gasteiger partial charge in [-0.2, -0.15) is 0 Å². The standard InChI is InChI=1S/C14H21NO2/c1-4-15-10-11-17-14(16,13(15,2)3)12-8-6-5-7-9-12/h5-9,16H,4,10-11H2,1-3H3/t14-/m1/s1. The third kappa shape index (κ3) is 1.88. The second-order valence-corrected chi connectivity index (χ2v) is 5.00. The Hall–Kier alpha value is -0.900. The van der Waals surface area contributed by atoms with Gasteiger partial charge in [0.15, 0.2) is 0 Å². The van der Waals surface area contributed by atoms with Crippen molar-refractivity contribution in [1.29, 1.82) is 0 Å². The Balaban J connectivity index is 2.42. The minimum absolute atomic E-state index is 0.429. The lowest BCUT2D eigenvalue weighted by Gasteiger charge is -2.52. The van der Waals surface area contributed by atoms with E-state index in [1.165, 1.54) is 0 Å². The number of benzene rings is 1. The molecule has 1 aromatic rings. The zero-order valence-corrected chi connectivity index (χ0v) is 10.8. The van der Waals surface area contributed by atoms with Gasteiger partial charge in [0.05, 0.1) is 12.1 Å². The molecule has 1 atom stereocenters. The average molecular weight is 235 g/mol. The van der Waals surface area contributed by atoms with E-state index in [2.05, 4.69) is 11.8 Å². The molecule has 0 aliphatic carbocycles. The lowest BCUT2D eigenvalue weighted by molar-refractivity contribution is -0.307. The van der Waals surface area contributed by atoms with Crippen LogP contribution in [-0.4, -0.2) is 35.2 Å². The Kier molecular flexibility index (Phi) is 3.25. The highest BCUT2D eigenvalue weighted by molar-refractivity contribution is 5.24. The van der Waals surface area contributed by atoms with Crippen LogP contribution in [-0.2, 0) is 10.5 Å². The predicted molar refractivity (Wildman–Crippen MR) is 67.6 cm³/mol. The van der Waals surface area contributed by atoms with Crippen LogP contribution in [0.4, 0.5) is 0 Å². The van der Waals surface area contributed by atoms with Crippen LogP contribution >= 0.6 is 0 Å². The summed E-state index contributed by atoms with van der Waals surface area (Å²) in [5.41, 5.74) is 0.393. The number of nitrogens with zero attached hydrogens (tertiary/aromatic N) is 1. The van der Waals surface area contributed by atoms with E-state index in [0.29, 0.717) is 6.61 Å². The minimum Gasteiger partial charge on any atom is -0.360 e. The smallest absolute Gasteiger partial charge is 0.210 e. The molecule has 2 rings (SSSR count). The van der Waals surface area contributed by atoms with Gasteiger partial charge >= 0.3 is 0 Å². The quantitative estimate of drug-likeness (QED) is 0.850. The van der Waals surface area contributed by atoms with Crippen molar-refractivity contribution in [2.24, 2.45) is 0 Å². The van der Waals surface area contributed by atoms with Gasteiger partial charge in [0, 0.05) is 12.1 Å². The number of rotatable bonds is 2. The molecule has 1 aliphatic heterocycles. The lowest BCUT2D eigenvalue weighted by Crippen LogP contribution is -2.64. The fourth-order valence-electron chi connectivity index (χ4n) is 2.63. The summed E-state index contributed by atoms with van der Waals surface area (Å²) in [7, 11) is 0. The molecule has 0 amide bonds. The largest absolute Gasteiger partial charge is 0.360 e. The maximum absolute atomic E-state index is 10.9. The van der Waals surface area contributed by atoms with E-state index in [1.54, 1.807) is 0 Å². The van der Waals surface area contributed by atoms with Crippen LogP contribution in [0.5, 0.6) is 0 Å². The molecule has 0 bridgehead atoms. The van der Waals surface area contributed by atoms with Gasteiger partial charge in [-0.3, -0.25) is 4.90 Å². The summed E-state index contributed by atoms with van der Waals surface area (Å²) in [5.74, 6) is -1.23. The molecular weight excluding hydrogens is 214 g/mol. The summed E-state index contributed by atoms with van der Waals surface area (Å²) in [6.45, 7) is 8.50. The first-order chi connectivity index (χ1) is 8.02. The molecule has 1 fully saturated rings. The van der Waals surface area contributed by atoms with Crippen molar-refractivity contribution in [2.45, 2.75) is 32.1 Å². The van der Waals surface area contributed by atoms with Crippen molar-refractivity contribution in [1.82, 2.24) is 4.90 Å². The predicted octanol–water partition coefficient (Wildman–Crippen LogP) is 1.96. The van der Waals surface area contributed by atoms with Crippen molar-refractivity contribution in [3.8, 4) is 0 Å².